The highest BCUT2D eigenvalue weighted by Crippen LogP contribution is 2.36. The Morgan fingerprint density at radius 1 is 1.39 bits per heavy atom. The molecule has 3 unspecified atom stereocenters. The molecule has 1 aromatic rings. The number of halogens is 2. The molecule has 1 spiro atoms. The minimum atomic E-state index is -1.16. The predicted octanol–water partition coefficient (Wildman–Crippen LogP) is 2.30. The van der Waals surface area contributed by atoms with E-state index in [-0.39, 0.29) is 48.9 Å². The van der Waals surface area contributed by atoms with Gasteiger partial charge in [-0.3, -0.25) is 4.79 Å². The molecule has 2 aliphatic heterocycles. The van der Waals surface area contributed by atoms with Crippen molar-refractivity contribution in [3.05, 3.63) is 35.7 Å². The molecule has 3 N–H and O–H groups in total. The fourth-order valence-corrected chi connectivity index (χ4v) is 4.91. The normalized spacial score (nSPS) is 29.2. The van der Waals surface area contributed by atoms with E-state index in [0.717, 1.165) is 18.4 Å². The van der Waals surface area contributed by atoms with Gasteiger partial charge < -0.3 is 30.0 Å². The number of allylic oxidation sites excluding steroid dienone is 1. The maximum absolute atomic E-state index is 14.2. The molecule has 1 aromatic carbocycles. The lowest BCUT2D eigenvalue weighted by Gasteiger charge is -2.39. The molecule has 1 aliphatic carbocycles. The molecule has 4 atom stereocenters. The summed E-state index contributed by atoms with van der Waals surface area (Å²) >= 11 is 0. The summed E-state index contributed by atoms with van der Waals surface area (Å²) in [5.74, 6) is -1.86. The minimum absolute atomic E-state index is 0. The number of hydrogen-bond acceptors (Lipinski definition) is 6. The number of carbonyl (C=O) groups is 2. The lowest BCUT2D eigenvalue weighted by Crippen LogP contribution is -2.64. The summed E-state index contributed by atoms with van der Waals surface area (Å²) in [6.45, 7) is 2.51. The van der Waals surface area contributed by atoms with Crippen LogP contribution in [0.15, 0.2) is 24.3 Å². The van der Waals surface area contributed by atoms with Crippen molar-refractivity contribution in [3.63, 3.8) is 0 Å². The third kappa shape index (κ3) is 5.84. The van der Waals surface area contributed by atoms with Gasteiger partial charge in [0.15, 0.2) is 18.2 Å². The van der Waals surface area contributed by atoms with E-state index < -0.39 is 23.9 Å². The van der Waals surface area contributed by atoms with E-state index in [1.165, 1.54) is 6.07 Å². The van der Waals surface area contributed by atoms with Gasteiger partial charge in [0.05, 0.1) is 30.9 Å². The topological polar surface area (TPSA) is 106 Å². The molecule has 0 bridgehead atoms. The number of morpholine rings is 1. The van der Waals surface area contributed by atoms with Crippen molar-refractivity contribution in [1.82, 2.24) is 10.6 Å². The summed E-state index contributed by atoms with van der Waals surface area (Å²) < 4.78 is 31.2. The number of carboxylic acid groups (broad SMARTS) is 1. The van der Waals surface area contributed by atoms with E-state index in [1.807, 2.05) is 6.08 Å². The first kappa shape index (κ1) is 25.4. The second-order valence-electron chi connectivity index (χ2n) is 8.78. The Morgan fingerprint density at radius 3 is 2.91 bits per heavy atom. The van der Waals surface area contributed by atoms with Gasteiger partial charge in [-0.05, 0) is 44.2 Å². The van der Waals surface area contributed by atoms with Gasteiger partial charge in [-0.1, -0.05) is 18.2 Å². The predicted molar refractivity (Wildman–Crippen MR) is 121 cm³/mol. The van der Waals surface area contributed by atoms with E-state index >= 15 is 0 Å². The monoisotopic (exact) mass is 484 g/mol. The van der Waals surface area contributed by atoms with Crippen LogP contribution >= 0.6 is 12.4 Å². The van der Waals surface area contributed by atoms with Crippen LogP contribution in [0.2, 0.25) is 0 Å². The zero-order valence-corrected chi connectivity index (χ0v) is 19.3. The van der Waals surface area contributed by atoms with E-state index in [9.17, 15) is 14.0 Å². The number of nitrogens with one attached hydrogen (secondary N) is 2. The molecule has 2 saturated heterocycles. The summed E-state index contributed by atoms with van der Waals surface area (Å²) in [4.78, 5) is 22.7. The first-order valence-corrected chi connectivity index (χ1v) is 11.0. The molecule has 2 fully saturated rings. The van der Waals surface area contributed by atoms with Crippen LogP contribution in [0.1, 0.15) is 38.2 Å². The number of amides is 1. The smallest absolute Gasteiger partial charge is 0.341 e. The Labute approximate surface area is 198 Å². The van der Waals surface area contributed by atoms with Crippen LogP contribution in [0.4, 0.5) is 4.39 Å². The zero-order valence-electron chi connectivity index (χ0n) is 18.5. The van der Waals surface area contributed by atoms with Crippen LogP contribution in [0.5, 0.6) is 5.75 Å². The summed E-state index contributed by atoms with van der Waals surface area (Å²) in [5.41, 5.74) is 1.06. The van der Waals surface area contributed by atoms with Gasteiger partial charge >= 0.3 is 5.97 Å². The summed E-state index contributed by atoms with van der Waals surface area (Å²) in [7, 11) is 0. The van der Waals surface area contributed by atoms with E-state index in [0.29, 0.717) is 31.6 Å². The largest absolute Gasteiger partial charge is 0.479 e. The van der Waals surface area contributed by atoms with Crippen molar-refractivity contribution in [2.45, 2.75) is 56.3 Å². The molecule has 182 valence electrons. The van der Waals surface area contributed by atoms with E-state index in [1.54, 1.807) is 12.1 Å². The molecule has 10 heteroatoms. The average Bonchev–Trinajstić information content (AvgIpc) is 3.05. The van der Waals surface area contributed by atoms with Gasteiger partial charge in [0.25, 0.3) is 0 Å². The fourth-order valence-electron chi connectivity index (χ4n) is 4.91. The van der Waals surface area contributed by atoms with Gasteiger partial charge in [-0.25, -0.2) is 9.18 Å². The summed E-state index contributed by atoms with van der Waals surface area (Å²) in [5, 5.41) is 15.5. The van der Waals surface area contributed by atoms with Gasteiger partial charge in [0, 0.05) is 11.6 Å². The fraction of sp³-hybridized carbons (Fsp3) is 0.565. The Kier molecular flexibility index (Phi) is 8.33. The molecule has 0 saturated carbocycles. The van der Waals surface area contributed by atoms with Gasteiger partial charge in [0.1, 0.15) is 6.61 Å². The number of ether oxygens (including phenoxy) is 3. The standard InChI is InChI=1S/C23H29FN2O6.ClH/c1-14-9-23(13-30-11-20(27)26-23)19(25-14)10-31-16-7-5-15(6-8-16)17-3-2-4-18(24)22(17)32-12-21(28)29;/h2-5,14,16,19,25H,6-13H2,1H3,(H,26,27)(H,28,29);1H/t14-,16?,19?,23?;/m1./s1. The maximum Gasteiger partial charge on any atom is 0.341 e. The van der Waals surface area contributed by atoms with Crippen molar-refractivity contribution >= 4 is 29.9 Å². The van der Waals surface area contributed by atoms with Crippen LogP contribution in [0, 0.1) is 5.82 Å². The molecule has 1 amide bonds. The SMILES string of the molecule is C[C@@H]1CC2(COCC(=O)N2)C(COC2CC=C(c3cccc(F)c3OCC(=O)O)CC2)N1.Cl. The van der Waals surface area contributed by atoms with E-state index in [2.05, 4.69) is 17.6 Å². The number of aliphatic carboxylic acids is 1. The lowest BCUT2D eigenvalue weighted by atomic mass is 9.89. The zero-order chi connectivity index (χ0) is 22.7. The molecular formula is C23H30ClFN2O6. The van der Waals surface area contributed by atoms with Crippen molar-refractivity contribution in [2.24, 2.45) is 0 Å². The molecular weight excluding hydrogens is 455 g/mol. The summed E-state index contributed by atoms with van der Waals surface area (Å²) in [6.07, 6.45) is 4.87. The van der Waals surface area contributed by atoms with Crippen molar-refractivity contribution in [1.29, 1.82) is 0 Å². The third-order valence-corrected chi connectivity index (χ3v) is 6.32. The van der Waals surface area contributed by atoms with Crippen LogP contribution in [-0.4, -0.2) is 67.1 Å². The van der Waals surface area contributed by atoms with Gasteiger partial charge in [-0.15, -0.1) is 12.4 Å². The number of benzene rings is 1. The molecule has 3 aliphatic rings. The van der Waals surface area contributed by atoms with Crippen LogP contribution in [0.25, 0.3) is 5.57 Å². The molecule has 33 heavy (non-hydrogen) atoms. The summed E-state index contributed by atoms with van der Waals surface area (Å²) in [6, 6.07) is 4.81. The molecule has 4 rings (SSSR count). The second kappa shape index (κ2) is 10.8. The molecule has 0 radical (unpaired) electrons. The Balaban J connectivity index is 0.00000306. The lowest BCUT2D eigenvalue weighted by molar-refractivity contribution is -0.139. The Bertz CT molecular complexity index is 913. The number of para-hydroxylation sites is 1. The number of hydrogen-bond donors (Lipinski definition) is 3. The maximum atomic E-state index is 14.2. The Morgan fingerprint density at radius 2 is 2.21 bits per heavy atom. The van der Waals surface area contributed by atoms with Crippen LogP contribution < -0.4 is 15.4 Å². The van der Waals surface area contributed by atoms with E-state index in [4.69, 9.17) is 19.3 Å². The minimum Gasteiger partial charge on any atom is -0.479 e. The molecule has 8 nitrogen and oxygen atoms in total. The highest BCUT2D eigenvalue weighted by atomic mass is 35.5. The number of rotatable bonds is 7. The first-order valence-electron chi connectivity index (χ1n) is 11.0. The quantitative estimate of drug-likeness (QED) is 0.545. The van der Waals surface area contributed by atoms with Crippen LogP contribution in [0.3, 0.4) is 0 Å². The van der Waals surface area contributed by atoms with Crippen molar-refractivity contribution < 1.29 is 33.3 Å². The van der Waals surface area contributed by atoms with Crippen molar-refractivity contribution in [3.8, 4) is 5.75 Å². The molecule has 0 aromatic heterocycles. The van der Waals surface area contributed by atoms with Gasteiger partial charge in [-0.2, -0.15) is 0 Å². The van der Waals surface area contributed by atoms with Crippen molar-refractivity contribution in [2.75, 3.05) is 26.4 Å². The average molecular weight is 485 g/mol. The first-order chi connectivity index (χ1) is 15.4. The van der Waals surface area contributed by atoms with Crippen LogP contribution in [-0.2, 0) is 19.1 Å². The second-order valence-corrected chi connectivity index (χ2v) is 8.78. The molecule has 2 heterocycles. The number of carboxylic acids is 1. The highest BCUT2D eigenvalue weighted by molar-refractivity contribution is 5.85. The third-order valence-electron chi connectivity index (χ3n) is 6.32. The Hall–Kier alpha value is -2.20. The number of carbonyl (C=O) groups excluding carboxylic acids is 1. The van der Waals surface area contributed by atoms with Gasteiger partial charge in [0.2, 0.25) is 5.91 Å². The highest BCUT2D eigenvalue weighted by Gasteiger charge is 2.49.